The Kier molecular flexibility index (Phi) is 4.76. The Morgan fingerprint density at radius 1 is 1.37 bits per heavy atom. The molecule has 1 amide bonds. The maximum Gasteiger partial charge on any atom is 0.307 e. The van der Waals surface area contributed by atoms with Gasteiger partial charge in [-0.1, -0.05) is 12.2 Å². The molecule has 102 valence electrons. The average molecular weight is 344 g/mol. The number of thiophene rings is 1. The third-order valence-corrected chi connectivity index (χ3v) is 5.13. The zero-order valence-electron chi connectivity index (χ0n) is 10.1. The molecule has 0 unspecified atom stereocenters. The summed E-state index contributed by atoms with van der Waals surface area (Å²) >= 11 is 4.95. The van der Waals surface area contributed by atoms with Crippen LogP contribution in [-0.2, 0) is 16.1 Å². The quantitative estimate of drug-likeness (QED) is 0.826. The molecule has 1 aliphatic carbocycles. The van der Waals surface area contributed by atoms with Crippen LogP contribution in [0.25, 0.3) is 0 Å². The molecule has 1 aromatic heterocycles. The first-order valence-electron chi connectivity index (χ1n) is 5.97. The van der Waals surface area contributed by atoms with E-state index in [0.717, 1.165) is 9.35 Å². The summed E-state index contributed by atoms with van der Waals surface area (Å²) in [6.45, 7) is 0.434. The lowest BCUT2D eigenvalue weighted by Gasteiger charge is -2.24. The summed E-state index contributed by atoms with van der Waals surface area (Å²) in [7, 11) is 0. The molecule has 4 nitrogen and oxygen atoms in total. The molecule has 1 aromatic rings. The van der Waals surface area contributed by atoms with Gasteiger partial charge in [0, 0.05) is 9.35 Å². The van der Waals surface area contributed by atoms with Gasteiger partial charge in [0.25, 0.3) is 0 Å². The van der Waals surface area contributed by atoms with Crippen LogP contribution in [0, 0.1) is 11.8 Å². The number of carbonyl (C=O) groups excluding carboxylic acids is 1. The lowest BCUT2D eigenvalue weighted by molar-refractivity contribution is -0.147. The first-order chi connectivity index (χ1) is 9.09. The van der Waals surface area contributed by atoms with Gasteiger partial charge in [0.1, 0.15) is 0 Å². The van der Waals surface area contributed by atoms with E-state index >= 15 is 0 Å². The summed E-state index contributed by atoms with van der Waals surface area (Å²) < 4.78 is 0.969. The second kappa shape index (κ2) is 6.34. The molecule has 6 heteroatoms. The maximum absolute atomic E-state index is 12.1. The van der Waals surface area contributed by atoms with E-state index in [1.54, 1.807) is 11.3 Å². The largest absolute Gasteiger partial charge is 0.481 e. The van der Waals surface area contributed by atoms with Gasteiger partial charge >= 0.3 is 5.97 Å². The molecule has 0 saturated heterocycles. The number of rotatable bonds is 4. The normalized spacial score (nSPS) is 22.2. The topological polar surface area (TPSA) is 66.4 Å². The molecule has 0 saturated carbocycles. The summed E-state index contributed by atoms with van der Waals surface area (Å²) in [6, 6.07) is 1.93. The summed E-state index contributed by atoms with van der Waals surface area (Å²) in [5, 5.41) is 13.9. The Morgan fingerprint density at radius 2 is 2.05 bits per heavy atom. The van der Waals surface area contributed by atoms with Crippen molar-refractivity contribution in [3.05, 3.63) is 32.9 Å². The Hall–Kier alpha value is -1.14. The molecule has 0 aliphatic heterocycles. The minimum atomic E-state index is -0.901. The van der Waals surface area contributed by atoms with E-state index < -0.39 is 17.8 Å². The van der Waals surface area contributed by atoms with Crippen LogP contribution < -0.4 is 5.32 Å². The Morgan fingerprint density at radius 3 is 2.63 bits per heavy atom. The van der Waals surface area contributed by atoms with Gasteiger partial charge in [0.2, 0.25) is 5.91 Å². The van der Waals surface area contributed by atoms with E-state index in [2.05, 4.69) is 21.2 Å². The fraction of sp³-hybridized carbons (Fsp3) is 0.385. The van der Waals surface area contributed by atoms with E-state index in [-0.39, 0.29) is 5.91 Å². The number of amides is 1. The average Bonchev–Trinajstić information content (AvgIpc) is 2.81. The highest BCUT2D eigenvalue weighted by Gasteiger charge is 2.33. The maximum atomic E-state index is 12.1. The van der Waals surface area contributed by atoms with Gasteiger partial charge < -0.3 is 10.4 Å². The number of carboxylic acid groups (broad SMARTS) is 1. The van der Waals surface area contributed by atoms with Crippen LogP contribution in [0.4, 0.5) is 0 Å². The van der Waals surface area contributed by atoms with E-state index in [0.29, 0.717) is 19.4 Å². The van der Waals surface area contributed by atoms with Crippen molar-refractivity contribution < 1.29 is 14.7 Å². The molecule has 2 atom stereocenters. The van der Waals surface area contributed by atoms with Crippen LogP contribution in [0.2, 0.25) is 0 Å². The number of halogens is 1. The van der Waals surface area contributed by atoms with Gasteiger partial charge in [-0.05, 0) is 40.2 Å². The highest BCUT2D eigenvalue weighted by atomic mass is 79.9. The van der Waals surface area contributed by atoms with Crippen LogP contribution in [0.15, 0.2) is 28.1 Å². The first kappa shape index (κ1) is 14.3. The fourth-order valence-electron chi connectivity index (χ4n) is 2.13. The van der Waals surface area contributed by atoms with Gasteiger partial charge in [0.05, 0.1) is 18.4 Å². The van der Waals surface area contributed by atoms with Crippen molar-refractivity contribution >= 4 is 39.1 Å². The molecule has 0 radical (unpaired) electrons. The molecule has 0 fully saturated rings. The van der Waals surface area contributed by atoms with Gasteiger partial charge in [0.15, 0.2) is 0 Å². The van der Waals surface area contributed by atoms with Crippen molar-refractivity contribution in [2.45, 2.75) is 19.4 Å². The molecule has 2 N–H and O–H groups in total. The molecule has 0 spiro atoms. The molecular weight excluding hydrogens is 330 g/mol. The summed E-state index contributed by atoms with van der Waals surface area (Å²) in [5.74, 6) is -2.17. The number of hydrogen-bond donors (Lipinski definition) is 2. The fourth-order valence-corrected chi connectivity index (χ4v) is 3.56. The highest BCUT2D eigenvalue weighted by Crippen LogP contribution is 2.27. The Labute approximate surface area is 123 Å². The van der Waals surface area contributed by atoms with Crippen LogP contribution in [0.5, 0.6) is 0 Å². The molecule has 0 aromatic carbocycles. The minimum absolute atomic E-state index is 0.183. The summed E-state index contributed by atoms with van der Waals surface area (Å²) in [4.78, 5) is 24.3. The number of allylic oxidation sites excluding steroid dienone is 2. The molecule has 1 heterocycles. The third kappa shape index (κ3) is 3.45. The lowest BCUT2D eigenvalue weighted by Crippen LogP contribution is -2.38. The first-order valence-corrected chi connectivity index (χ1v) is 7.64. The van der Waals surface area contributed by atoms with Crippen molar-refractivity contribution in [3.8, 4) is 0 Å². The van der Waals surface area contributed by atoms with E-state index in [1.807, 2.05) is 23.6 Å². The third-order valence-electron chi connectivity index (χ3n) is 3.20. The zero-order chi connectivity index (χ0) is 13.8. The predicted octanol–water partition coefficient (Wildman–Crippen LogP) is 2.79. The van der Waals surface area contributed by atoms with Crippen LogP contribution in [-0.4, -0.2) is 17.0 Å². The van der Waals surface area contributed by atoms with Crippen LogP contribution >= 0.6 is 27.3 Å². The van der Waals surface area contributed by atoms with E-state index in [9.17, 15) is 9.59 Å². The molecule has 19 heavy (non-hydrogen) atoms. The summed E-state index contributed by atoms with van der Waals surface area (Å²) in [6.07, 6.45) is 4.63. The standard InChI is InChI=1S/C13H14BrNO3S/c14-10-5-6-19-11(10)7-15-12(16)8-3-1-2-4-9(8)13(17)18/h1-2,5-6,8-9H,3-4,7H2,(H,15,16)(H,17,18)/t8-,9+/m1/s1. The smallest absolute Gasteiger partial charge is 0.307 e. The minimum Gasteiger partial charge on any atom is -0.481 e. The van der Waals surface area contributed by atoms with Crippen LogP contribution in [0.3, 0.4) is 0 Å². The number of hydrogen-bond acceptors (Lipinski definition) is 3. The molecule has 1 aliphatic rings. The van der Waals surface area contributed by atoms with Crippen molar-refractivity contribution in [3.63, 3.8) is 0 Å². The SMILES string of the molecule is O=C(O)[C@H]1CC=CC[C@H]1C(=O)NCc1sccc1Br. The zero-order valence-corrected chi connectivity index (χ0v) is 12.5. The second-order valence-corrected chi connectivity index (χ2v) is 6.26. The molecule has 0 bridgehead atoms. The summed E-state index contributed by atoms with van der Waals surface area (Å²) in [5.41, 5.74) is 0. The van der Waals surface area contributed by atoms with Gasteiger partial charge in [-0.15, -0.1) is 11.3 Å². The second-order valence-electron chi connectivity index (χ2n) is 4.40. The number of aliphatic carboxylic acids is 1. The molecular formula is C13H14BrNO3S. The van der Waals surface area contributed by atoms with Crippen molar-refractivity contribution in [2.24, 2.45) is 11.8 Å². The number of carboxylic acids is 1. The lowest BCUT2D eigenvalue weighted by atomic mass is 9.82. The monoisotopic (exact) mass is 343 g/mol. The van der Waals surface area contributed by atoms with Crippen molar-refractivity contribution in [2.75, 3.05) is 0 Å². The highest BCUT2D eigenvalue weighted by molar-refractivity contribution is 9.10. The Balaban J connectivity index is 1.97. The molecule has 2 rings (SSSR count). The predicted molar refractivity (Wildman–Crippen MR) is 76.9 cm³/mol. The van der Waals surface area contributed by atoms with Gasteiger partial charge in [-0.2, -0.15) is 0 Å². The van der Waals surface area contributed by atoms with Gasteiger partial charge in [-0.25, -0.2) is 0 Å². The van der Waals surface area contributed by atoms with Crippen molar-refractivity contribution in [1.29, 1.82) is 0 Å². The van der Waals surface area contributed by atoms with E-state index in [4.69, 9.17) is 5.11 Å². The number of carbonyl (C=O) groups is 2. The van der Waals surface area contributed by atoms with Crippen molar-refractivity contribution in [1.82, 2.24) is 5.32 Å². The van der Waals surface area contributed by atoms with Gasteiger partial charge in [-0.3, -0.25) is 9.59 Å². The Bertz CT molecular complexity index is 512. The van der Waals surface area contributed by atoms with Crippen LogP contribution in [0.1, 0.15) is 17.7 Å². The number of nitrogens with one attached hydrogen (secondary N) is 1. The van der Waals surface area contributed by atoms with E-state index in [1.165, 1.54) is 0 Å².